The Morgan fingerprint density at radius 2 is 0.273 bits per heavy atom. The fraction of sp³-hybridized carbons (Fsp3) is 0.0769. The molecule has 0 atom stereocenters. The number of benzene rings is 12. The highest BCUT2D eigenvalue weighted by atomic mass is 32.2. The summed E-state index contributed by atoms with van der Waals surface area (Å²) < 4.78 is 0. The summed E-state index contributed by atoms with van der Waals surface area (Å²) in [4.78, 5) is 8.37. The molecule has 88 heavy (non-hydrogen) atoms. The van der Waals surface area contributed by atoms with Crippen molar-refractivity contribution >= 4 is 166 Å². The fourth-order valence-electron chi connectivity index (χ4n) is 12.2. The standard InChI is InChI=1S/2C39H30P2S3/c2*1-4-16-31-28(13-1)25-42-37-22-10-7-19-34(37)41-35-20-8-11-23-38(35)43-26-29-14-2-5-17-32(29)40(31)33-18-6-3-15-30(33)27-44-39-24-12-9-21-36(39)41/h2*1-24H,25-27H2. The van der Waals surface area contributed by atoms with Crippen molar-refractivity contribution in [3.05, 3.63) is 325 Å². The topological polar surface area (TPSA) is 0 Å². The van der Waals surface area contributed by atoms with E-state index in [2.05, 4.69) is 291 Å². The van der Waals surface area contributed by atoms with E-state index in [1.165, 1.54) is 126 Å². The Labute approximate surface area is 549 Å². The first-order valence-electron chi connectivity index (χ1n) is 29.7. The molecule has 6 aliphatic rings. The molecule has 0 radical (unpaired) electrons. The first kappa shape index (κ1) is 58.8. The van der Waals surface area contributed by atoms with E-state index < -0.39 is 31.7 Å². The lowest BCUT2D eigenvalue weighted by atomic mass is 10.2. The summed E-state index contributed by atoms with van der Waals surface area (Å²) in [5.74, 6) is 5.70. The minimum atomic E-state index is -0.792. The SMILES string of the molecule is c1ccc2c(c1)CSc1ccccc1P1c3ccccc3SCc3ccccc3P2c2ccccc2CSc2ccccc21.c1ccc2c(c1)CSc1ccccc1P1c3ccccc3SCc3ccccc3P2c2ccccc2CSc2ccccc21. The molecule has 4 bridgehead atoms. The predicted molar refractivity (Wildman–Crippen MR) is 398 cm³/mol. The summed E-state index contributed by atoms with van der Waals surface area (Å²) in [5, 5.41) is 17.7. The molecule has 0 saturated heterocycles. The molecule has 0 unspecified atom stereocenters. The minimum Gasteiger partial charge on any atom is -0.121 e. The summed E-state index contributed by atoms with van der Waals surface area (Å²) in [5.41, 5.74) is 8.68. The highest BCUT2D eigenvalue weighted by molar-refractivity contribution is 8.02. The molecule has 10 heteroatoms. The second-order valence-corrected chi connectivity index (χ2v) is 36.2. The Morgan fingerprint density at radius 3 is 0.443 bits per heavy atom. The molecule has 0 aliphatic carbocycles. The minimum absolute atomic E-state index is 0.769. The van der Waals surface area contributed by atoms with Gasteiger partial charge in [0.05, 0.1) is 0 Å². The number of hydrogen-bond donors (Lipinski definition) is 0. The van der Waals surface area contributed by atoms with E-state index in [1.807, 2.05) is 70.6 Å². The van der Waals surface area contributed by atoms with Crippen LogP contribution >= 0.6 is 102 Å². The van der Waals surface area contributed by atoms with Crippen LogP contribution in [0.15, 0.2) is 321 Å². The number of thioether (sulfide) groups is 6. The highest BCUT2D eigenvalue weighted by Gasteiger charge is 2.32. The van der Waals surface area contributed by atoms with Crippen molar-refractivity contribution in [1.29, 1.82) is 0 Å². The van der Waals surface area contributed by atoms with Crippen molar-refractivity contribution in [1.82, 2.24) is 0 Å². The monoisotopic (exact) mass is 1310 g/mol. The molecule has 0 N–H and O–H groups in total. The maximum absolute atomic E-state index is 2.41. The maximum Gasteiger partial charge on any atom is 0.0238 e. The van der Waals surface area contributed by atoms with Gasteiger partial charge in [-0.25, -0.2) is 0 Å². The van der Waals surface area contributed by atoms with Gasteiger partial charge in [-0.3, -0.25) is 0 Å². The van der Waals surface area contributed by atoms with Crippen LogP contribution in [0.1, 0.15) is 33.4 Å². The second-order valence-electron chi connectivity index (χ2n) is 21.7. The van der Waals surface area contributed by atoms with Gasteiger partial charge in [-0.05, 0) is 165 Å². The summed E-state index contributed by atoms with van der Waals surface area (Å²) >= 11 is 12.1. The molecule has 0 fully saturated rings. The van der Waals surface area contributed by atoms with Crippen molar-refractivity contribution in [3.8, 4) is 0 Å². The van der Waals surface area contributed by atoms with Crippen LogP contribution in [0.3, 0.4) is 0 Å². The van der Waals surface area contributed by atoms with Gasteiger partial charge in [0.2, 0.25) is 0 Å². The van der Waals surface area contributed by atoms with Gasteiger partial charge in [-0.2, -0.15) is 0 Å². The van der Waals surface area contributed by atoms with E-state index in [4.69, 9.17) is 0 Å². The van der Waals surface area contributed by atoms with E-state index in [0.29, 0.717) is 0 Å². The third-order valence-corrected chi connectivity index (χ3v) is 34.7. The average Bonchev–Trinajstić information content (AvgIpc) is 1.39. The summed E-state index contributed by atoms with van der Waals surface area (Å²) in [6.45, 7) is 0. The molecule has 0 aromatic heterocycles. The largest absolute Gasteiger partial charge is 0.121 e. The van der Waals surface area contributed by atoms with Crippen LogP contribution < -0.4 is 63.7 Å². The van der Waals surface area contributed by atoms with Gasteiger partial charge in [0, 0.05) is 63.9 Å². The highest BCUT2D eigenvalue weighted by Crippen LogP contribution is 2.49. The number of hydrogen-bond acceptors (Lipinski definition) is 6. The molecular formula is C78H60P4S6. The van der Waals surface area contributed by atoms with Gasteiger partial charge < -0.3 is 0 Å². The van der Waals surface area contributed by atoms with E-state index in [0.717, 1.165) is 34.5 Å². The van der Waals surface area contributed by atoms with E-state index in [-0.39, 0.29) is 0 Å². The molecule has 12 aromatic rings. The first-order chi connectivity index (χ1) is 43.7. The van der Waals surface area contributed by atoms with Crippen molar-refractivity contribution in [2.75, 3.05) is 0 Å². The van der Waals surface area contributed by atoms with E-state index in [1.54, 1.807) is 0 Å². The van der Waals surface area contributed by atoms with Gasteiger partial charge in [0.25, 0.3) is 0 Å². The predicted octanol–water partition coefficient (Wildman–Crippen LogP) is 17.4. The molecule has 0 nitrogen and oxygen atoms in total. The Bertz CT molecular complexity index is 3490. The molecule has 0 amide bonds. The maximum atomic E-state index is 2.41. The fourth-order valence-corrected chi connectivity index (χ4v) is 31.7. The summed E-state index contributed by atoms with van der Waals surface area (Å²) in [6, 6.07) is 111. The van der Waals surface area contributed by atoms with Gasteiger partial charge >= 0.3 is 0 Å². The van der Waals surface area contributed by atoms with Crippen molar-refractivity contribution in [2.45, 2.75) is 63.9 Å². The number of fused-ring (bicyclic) bond motifs is 6. The lowest BCUT2D eigenvalue weighted by Crippen LogP contribution is -2.28. The molecule has 0 spiro atoms. The molecule has 12 aromatic carbocycles. The van der Waals surface area contributed by atoms with E-state index >= 15 is 0 Å². The van der Waals surface area contributed by atoms with Gasteiger partial charge in [0.1, 0.15) is 0 Å². The number of rotatable bonds is 0. The van der Waals surface area contributed by atoms with E-state index in [9.17, 15) is 0 Å². The van der Waals surface area contributed by atoms with Crippen LogP contribution in [-0.4, -0.2) is 0 Å². The van der Waals surface area contributed by atoms with Crippen LogP contribution in [-0.2, 0) is 34.5 Å². The normalized spacial score (nSPS) is 17.5. The smallest absolute Gasteiger partial charge is 0.0238 e. The van der Waals surface area contributed by atoms with Gasteiger partial charge in [-0.15, -0.1) is 70.6 Å². The zero-order chi connectivity index (χ0) is 58.6. The van der Waals surface area contributed by atoms with Crippen LogP contribution in [0.2, 0.25) is 0 Å². The zero-order valence-electron chi connectivity index (χ0n) is 48.2. The van der Waals surface area contributed by atoms with Gasteiger partial charge in [-0.1, -0.05) is 255 Å². The molecule has 6 aliphatic heterocycles. The van der Waals surface area contributed by atoms with Crippen molar-refractivity contribution in [3.63, 3.8) is 0 Å². The Morgan fingerprint density at radius 1 is 0.148 bits per heavy atom. The molecule has 6 heterocycles. The van der Waals surface area contributed by atoms with Crippen LogP contribution in [0, 0.1) is 0 Å². The molecule has 18 rings (SSSR count). The van der Waals surface area contributed by atoms with Crippen LogP contribution in [0.5, 0.6) is 0 Å². The average molecular weight is 1310 g/mol. The zero-order valence-corrected chi connectivity index (χ0v) is 56.7. The third-order valence-electron chi connectivity index (χ3n) is 16.3. The quantitative estimate of drug-likeness (QED) is 0.138. The summed E-state index contributed by atoms with van der Waals surface area (Å²) in [7, 11) is -3.12. The molecule has 0 saturated carbocycles. The third kappa shape index (κ3) is 12.2. The Kier molecular flexibility index (Phi) is 18.4. The van der Waals surface area contributed by atoms with Crippen molar-refractivity contribution in [2.24, 2.45) is 0 Å². The lowest BCUT2D eigenvalue weighted by molar-refractivity contribution is 1.40. The van der Waals surface area contributed by atoms with Gasteiger partial charge in [0.15, 0.2) is 0 Å². The summed E-state index contributed by atoms with van der Waals surface area (Å²) in [6.07, 6.45) is 0. The van der Waals surface area contributed by atoms with Crippen LogP contribution in [0.25, 0.3) is 0 Å². The molecule has 428 valence electrons. The Hall–Kier alpha value is -5.54. The molecular weight excluding hydrogens is 1250 g/mol. The first-order valence-corrected chi connectivity index (χ1v) is 41.0. The van der Waals surface area contributed by atoms with Crippen molar-refractivity contribution < 1.29 is 0 Å². The second kappa shape index (κ2) is 27.5. The lowest BCUT2D eigenvalue weighted by Gasteiger charge is -2.29. The Balaban J connectivity index is 0.000000148. The van der Waals surface area contributed by atoms with Crippen LogP contribution in [0.4, 0.5) is 0 Å².